The summed E-state index contributed by atoms with van der Waals surface area (Å²) in [5.74, 6) is 1.22. The fourth-order valence-electron chi connectivity index (χ4n) is 2.53. The van der Waals surface area contributed by atoms with E-state index in [0.29, 0.717) is 11.3 Å². The Labute approximate surface area is 146 Å². The smallest absolute Gasteiger partial charge is 0.363 e. The van der Waals surface area contributed by atoms with E-state index in [2.05, 4.69) is 11.9 Å². The minimum Gasteiger partial charge on any atom is -0.497 e. The van der Waals surface area contributed by atoms with E-state index in [1.165, 1.54) is 0 Å². The number of carbonyl (C=O) groups is 1. The van der Waals surface area contributed by atoms with Gasteiger partial charge in [-0.2, -0.15) is 0 Å². The predicted octanol–water partition coefficient (Wildman–Crippen LogP) is 3.61. The van der Waals surface area contributed by atoms with Gasteiger partial charge >= 0.3 is 5.97 Å². The third-order valence-electron chi connectivity index (χ3n) is 3.95. The number of carbonyl (C=O) groups excluding carboxylic acids is 1. The van der Waals surface area contributed by atoms with E-state index in [4.69, 9.17) is 14.2 Å². The molecule has 1 aliphatic heterocycles. The number of aliphatic imine (C=N–C) groups is 1. The number of hydrogen-bond acceptors (Lipinski definition) is 5. The number of aryl methyl sites for hydroxylation is 1. The van der Waals surface area contributed by atoms with E-state index in [1.54, 1.807) is 44.6 Å². The minimum absolute atomic E-state index is 0.248. The Kier molecular flexibility index (Phi) is 4.84. The van der Waals surface area contributed by atoms with E-state index >= 15 is 0 Å². The van der Waals surface area contributed by atoms with Gasteiger partial charge in [0.05, 0.1) is 14.2 Å². The molecule has 1 aliphatic rings. The molecule has 0 aromatic heterocycles. The zero-order valence-electron chi connectivity index (χ0n) is 14.4. The van der Waals surface area contributed by atoms with Crippen molar-refractivity contribution in [2.45, 2.75) is 13.3 Å². The lowest BCUT2D eigenvalue weighted by atomic mass is 10.1. The van der Waals surface area contributed by atoms with E-state index < -0.39 is 5.97 Å². The monoisotopic (exact) mass is 337 g/mol. The van der Waals surface area contributed by atoms with Crippen molar-refractivity contribution < 1.29 is 19.0 Å². The molecule has 0 unspecified atom stereocenters. The molecule has 128 valence electrons. The number of ether oxygens (including phenoxy) is 3. The van der Waals surface area contributed by atoms with Gasteiger partial charge in [-0.05, 0) is 54.5 Å². The van der Waals surface area contributed by atoms with Gasteiger partial charge < -0.3 is 14.2 Å². The van der Waals surface area contributed by atoms with Crippen molar-refractivity contribution in [1.82, 2.24) is 0 Å². The molecule has 2 aromatic rings. The molecule has 0 N–H and O–H groups in total. The number of methoxy groups -OCH3 is 2. The fourth-order valence-corrected chi connectivity index (χ4v) is 2.53. The van der Waals surface area contributed by atoms with Crippen LogP contribution >= 0.6 is 0 Å². The average molecular weight is 337 g/mol. The normalized spacial score (nSPS) is 15.1. The number of hydrogen-bond donors (Lipinski definition) is 0. The highest BCUT2D eigenvalue weighted by atomic mass is 16.6. The van der Waals surface area contributed by atoms with Gasteiger partial charge in [0.2, 0.25) is 5.90 Å². The van der Waals surface area contributed by atoms with Crippen LogP contribution in [0.15, 0.2) is 53.2 Å². The Morgan fingerprint density at radius 2 is 1.84 bits per heavy atom. The second-order valence-electron chi connectivity index (χ2n) is 5.49. The molecule has 0 saturated carbocycles. The lowest BCUT2D eigenvalue weighted by Crippen LogP contribution is -2.05. The molecule has 0 radical (unpaired) electrons. The third-order valence-corrected chi connectivity index (χ3v) is 3.95. The Bertz CT molecular complexity index is 850. The molecule has 0 spiro atoms. The molecule has 0 amide bonds. The first-order chi connectivity index (χ1) is 12.1. The molecule has 5 heteroatoms. The minimum atomic E-state index is -0.477. The number of esters is 1. The third kappa shape index (κ3) is 3.55. The molecule has 0 saturated heterocycles. The molecular weight excluding hydrogens is 318 g/mol. The highest BCUT2D eigenvalue weighted by Crippen LogP contribution is 2.26. The lowest BCUT2D eigenvalue weighted by Gasteiger charge is -2.06. The Hall–Kier alpha value is -3.08. The summed E-state index contributed by atoms with van der Waals surface area (Å²) in [6.07, 6.45) is 2.59. The van der Waals surface area contributed by atoms with Gasteiger partial charge in [-0.15, -0.1) is 0 Å². The molecular formula is C20H19NO4. The maximum Gasteiger partial charge on any atom is 0.363 e. The van der Waals surface area contributed by atoms with Crippen LogP contribution < -0.4 is 9.47 Å². The quantitative estimate of drug-likeness (QED) is 0.618. The van der Waals surface area contributed by atoms with Crippen LogP contribution in [0, 0.1) is 0 Å². The van der Waals surface area contributed by atoms with E-state index in [-0.39, 0.29) is 11.6 Å². The molecule has 0 fully saturated rings. The standard InChI is InChI=1S/C20H19NO4/c1-4-13-5-10-18(24-3)15(11-13)12-17-20(22)25-19(21-17)14-6-8-16(23-2)9-7-14/h5-12H,4H2,1-3H3/b17-12+. The summed E-state index contributed by atoms with van der Waals surface area (Å²) in [6.45, 7) is 2.07. The number of benzene rings is 2. The molecule has 3 rings (SSSR count). The van der Waals surface area contributed by atoms with Crippen molar-refractivity contribution >= 4 is 17.9 Å². The van der Waals surface area contributed by atoms with Crippen molar-refractivity contribution in [2.24, 2.45) is 4.99 Å². The van der Waals surface area contributed by atoms with Crippen LogP contribution in [0.4, 0.5) is 0 Å². The number of cyclic esters (lactones) is 1. The highest BCUT2D eigenvalue weighted by Gasteiger charge is 2.24. The second-order valence-corrected chi connectivity index (χ2v) is 5.49. The highest BCUT2D eigenvalue weighted by molar-refractivity contribution is 6.13. The van der Waals surface area contributed by atoms with Crippen LogP contribution in [0.2, 0.25) is 0 Å². The van der Waals surface area contributed by atoms with Crippen molar-refractivity contribution in [3.63, 3.8) is 0 Å². The topological polar surface area (TPSA) is 57.1 Å². The van der Waals surface area contributed by atoms with Gasteiger partial charge in [0, 0.05) is 11.1 Å². The first kappa shape index (κ1) is 16.8. The van der Waals surface area contributed by atoms with Crippen molar-refractivity contribution in [3.8, 4) is 11.5 Å². The largest absolute Gasteiger partial charge is 0.497 e. The van der Waals surface area contributed by atoms with Gasteiger partial charge in [-0.1, -0.05) is 13.0 Å². The Balaban J connectivity index is 1.95. The molecule has 25 heavy (non-hydrogen) atoms. The zero-order chi connectivity index (χ0) is 17.8. The SMILES string of the molecule is CCc1ccc(OC)c(/C=C2/N=C(c3ccc(OC)cc3)OC2=O)c1. The summed E-state index contributed by atoms with van der Waals surface area (Å²) in [5.41, 5.74) is 2.91. The molecule has 0 bridgehead atoms. The van der Waals surface area contributed by atoms with Crippen LogP contribution in [-0.4, -0.2) is 26.1 Å². The first-order valence-electron chi connectivity index (χ1n) is 7.98. The number of rotatable bonds is 5. The number of nitrogens with zero attached hydrogens (tertiary/aromatic N) is 1. The van der Waals surface area contributed by atoms with Crippen molar-refractivity contribution in [3.05, 3.63) is 64.9 Å². The Morgan fingerprint density at radius 3 is 2.48 bits per heavy atom. The Morgan fingerprint density at radius 1 is 1.08 bits per heavy atom. The molecule has 0 atom stereocenters. The second kappa shape index (κ2) is 7.21. The molecule has 1 heterocycles. The van der Waals surface area contributed by atoms with Gasteiger partial charge in [-0.25, -0.2) is 9.79 Å². The van der Waals surface area contributed by atoms with Crippen molar-refractivity contribution in [2.75, 3.05) is 14.2 Å². The van der Waals surface area contributed by atoms with E-state index in [1.807, 2.05) is 18.2 Å². The summed E-state index contributed by atoms with van der Waals surface area (Å²) in [5, 5.41) is 0. The lowest BCUT2D eigenvalue weighted by molar-refractivity contribution is -0.129. The molecule has 0 aliphatic carbocycles. The van der Waals surface area contributed by atoms with Crippen LogP contribution in [-0.2, 0) is 16.0 Å². The first-order valence-corrected chi connectivity index (χ1v) is 7.98. The van der Waals surface area contributed by atoms with Gasteiger partial charge in [0.1, 0.15) is 11.5 Å². The fraction of sp³-hybridized carbons (Fsp3) is 0.200. The summed E-state index contributed by atoms with van der Waals surface area (Å²) in [6, 6.07) is 13.1. The predicted molar refractivity (Wildman–Crippen MR) is 96.0 cm³/mol. The van der Waals surface area contributed by atoms with E-state index in [0.717, 1.165) is 23.3 Å². The summed E-state index contributed by atoms with van der Waals surface area (Å²) >= 11 is 0. The molecule has 5 nitrogen and oxygen atoms in total. The van der Waals surface area contributed by atoms with Crippen LogP contribution in [0.5, 0.6) is 11.5 Å². The maximum absolute atomic E-state index is 12.2. The van der Waals surface area contributed by atoms with Crippen LogP contribution in [0.1, 0.15) is 23.6 Å². The van der Waals surface area contributed by atoms with Gasteiger partial charge in [-0.3, -0.25) is 0 Å². The van der Waals surface area contributed by atoms with Gasteiger partial charge in [0.15, 0.2) is 5.70 Å². The summed E-state index contributed by atoms with van der Waals surface area (Å²) in [7, 11) is 3.20. The molecule has 2 aromatic carbocycles. The average Bonchev–Trinajstić information content (AvgIpc) is 3.02. The van der Waals surface area contributed by atoms with Crippen LogP contribution in [0.25, 0.3) is 6.08 Å². The van der Waals surface area contributed by atoms with Gasteiger partial charge in [0.25, 0.3) is 0 Å². The summed E-state index contributed by atoms with van der Waals surface area (Å²) < 4.78 is 15.8. The zero-order valence-corrected chi connectivity index (χ0v) is 14.4. The van der Waals surface area contributed by atoms with Crippen LogP contribution in [0.3, 0.4) is 0 Å². The van der Waals surface area contributed by atoms with E-state index in [9.17, 15) is 4.79 Å². The summed E-state index contributed by atoms with van der Waals surface area (Å²) in [4.78, 5) is 16.5. The maximum atomic E-state index is 12.2. The van der Waals surface area contributed by atoms with Crippen molar-refractivity contribution in [1.29, 1.82) is 0 Å².